The maximum Gasteiger partial charge on any atom is 0.330 e. The van der Waals surface area contributed by atoms with E-state index in [4.69, 9.17) is 9.84 Å². The van der Waals surface area contributed by atoms with Gasteiger partial charge in [-0.1, -0.05) is 0 Å². The number of aromatic nitrogens is 2. The number of aliphatic hydroxyl groups excluding tert-OH is 1. The molecule has 106 valence electrons. The Balaban J connectivity index is 2.21. The zero-order chi connectivity index (χ0) is 13.8. The molecule has 19 heavy (non-hydrogen) atoms. The largest absolute Gasteiger partial charge is 0.396 e. The predicted octanol–water partition coefficient (Wildman–Crippen LogP) is 0.549. The quantitative estimate of drug-likeness (QED) is 0.764. The molecule has 1 aliphatic heterocycles. The first-order valence-electron chi connectivity index (χ1n) is 6.72. The molecule has 0 amide bonds. The van der Waals surface area contributed by atoms with Crippen molar-refractivity contribution in [3.05, 3.63) is 32.6 Å². The third-order valence-electron chi connectivity index (χ3n) is 3.42. The molecule has 2 atom stereocenters. The monoisotopic (exact) mass is 268 g/mol. The number of aliphatic hydroxyl groups is 1. The molecule has 2 heterocycles. The second kappa shape index (κ2) is 6.16. The van der Waals surface area contributed by atoms with Crippen molar-refractivity contribution in [2.75, 3.05) is 6.61 Å². The topological polar surface area (TPSA) is 84.3 Å². The minimum Gasteiger partial charge on any atom is -0.396 e. The molecule has 1 fully saturated rings. The highest BCUT2D eigenvalue weighted by Gasteiger charge is 2.24. The Morgan fingerprint density at radius 2 is 2.21 bits per heavy atom. The molecule has 0 aromatic carbocycles. The summed E-state index contributed by atoms with van der Waals surface area (Å²) in [4.78, 5) is 25.8. The summed E-state index contributed by atoms with van der Waals surface area (Å²) in [6.07, 6.45) is 5.08. The average Bonchev–Trinajstić information content (AvgIpc) is 2.78. The van der Waals surface area contributed by atoms with Crippen LogP contribution < -0.4 is 11.2 Å². The lowest BCUT2D eigenvalue weighted by molar-refractivity contribution is 0.00775. The molecule has 0 spiro atoms. The third kappa shape index (κ3) is 3.33. The van der Waals surface area contributed by atoms with Crippen molar-refractivity contribution >= 4 is 0 Å². The molecule has 1 aromatic rings. The summed E-state index contributed by atoms with van der Waals surface area (Å²) in [7, 11) is 0. The van der Waals surface area contributed by atoms with E-state index in [-0.39, 0.29) is 24.5 Å². The first-order chi connectivity index (χ1) is 9.11. The number of H-pyrrole nitrogens is 1. The lowest BCUT2D eigenvalue weighted by Crippen LogP contribution is -2.34. The van der Waals surface area contributed by atoms with Crippen molar-refractivity contribution in [2.24, 2.45) is 0 Å². The van der Waals surface area contributed by atoms with Crippen LogP contribution in [0.1, 0.15) is 44.4 Å². The van der Waals surface area contributed by atoms with Gasteiger partial charge in [0.25, 0.3) is 5.56 Å². The van der Waals surface area contributed by atoms with Crippen LogP contribution in [-0.2, 0) is 11.2 Å². The van der Waals surface area contributed by atoms with E-state index in [1.807, 2.05) is 6.92 Å². The molecule has 0 unspecified atom stereocenters. The van der Waals surface area contributed by atoms with Crippen LogP contribution in [0.5, 0.6) is 0 Å². The second-order valence-corrected chi connectivity index (χ2v) is 4.98. The second-order valence-electron chi connectivity index (χ2n) is 4.98. The molecule has 0 radical (unpaired) electrons. The minimum absolute atomic E-state index is 0.112. The lowest BCUT2D eigenvalue weighted by atomic mass is 10.1. The standard InChI is InChI=1S/C13H20N2O4/c1-9-5-6-11(19-9)15-8-10(4-2-3-7-16)12(17)14-13(15)18/h8-9,11,16H,2-7H2,1H3,(H,14,17,18)/t9-,11-/m1/s1. The summed E-state index contributed by atoms with van der Waals surface area (Å²) in [5.74, 6) is 0. The maximum atomic E-state index is 11.8. The van der Waals surface area contributed by atoms with Crippen molar-refractivity contribution in [1.29, 1.82) is 0 Å². The number of hydrogen-bond donors (Lipinski definition) is 2. The molecular formula is C13H20N2O4. The summed E-state index contributed by atoms with van der Waals surface area (Å²) in [5.41, 5.74) is -0.198. The van der Waals surface area contributed by atoms with E-state index in [1.54, 1.807) is 6.20 Å². The Morgan fingerprint density at radius 1 is 1.42 bits per heavy atom. The van der Waals surface area contributed by atoms with Gasteiger partial charge >= 0.3 is 5.69 Å². The highest BCUT2D eigenvalue weighted by atomic mass is 16.5. The molecule has 6 nitrogen and oxygen atoms in total. The predicted molar refractivity (Wildman–Crippen MR) is 70.2 cm³/mol. The fraction of sp³-hybridized carbons (Fsp3) is 0.692. The molecule has 1 saturated heterocycles. The van der Waals surface area contributed by atoms with Gasteiger partial charge in [-0.2, -0.15) is 0 Å². The highest BCUT2D eigenvalue weighted by Crippen LogP contribution is 2.26. The number of nitrogens with one attached hydrogen (secondary N) is 1. The Hall–Kier alpha value is -1.40. The summed E-state index contributed by atoms with van der Waals surface area (Å²) in [5, 5.41) is 8.75. The normalized spacial score (nSPS) is 22.8. The van der Waals surface area contributed by atoms with Crippen molar-refractivity contribution < 1.29 is 9.84 Å². The van der Waals surface area contributed by atoms with Gasteiger partial charge in [0.05, 0.1) is 6.10 Å². The van der Waals surface area contributed by atoms with Crippen LogP contribution in [0.4, 0.5) is 0 Å². The van der Waals surface area contributed by atoms with Crippen molar-refractivity contribution in [3.63, 3.8) is 0 Å². The first-order valence-corrected chi connectivity index (χ1v) is 6.72. The average molecular weight is 268 g/mol. The van der Waals surface area contributed by atoms with Crippen molar-refractivity contribution in [2.45, 2.75) is 51.4 Å². The molecule has 1 aliphatic rings. The number of aromatic amines is 1. The number of hydrogen-bond acceptors (Lipinski definition) is 4. The van der Waals surface area contributed by atoms with Crippen LogP contribution in [0, 0.1) is 0 Å². The zero-order valence-corrected chi connectivity index (χ0v) is 11.1. The van der Waals surface area contributed by atoms with Gasteiger partial charge in [-0.3, -0.25) is 14.3 Å². The van der Waals surface area contributed by atoms with Gasteiger partial charge in [0.15, 0.2) is 0 Å². The molecule has 1 aromatic heterocycles. The van der Waals surface area contributed by atoms with Gasteiger partial charge in [0, 0.05) is 18.4 Å². The molecular weight excluding hydrogens is 248 g/mol. The molecule has 0 saturated carbocycles. The van der Waals surface area contributed by atoms with Crippen LogP contribution in [0.3, 0.4) is 0 Å². The summed E-state index contributed by atoms with van der Waals surface area (Å²) in [6, 6.07) is 0. The van der Waals surface area contributed by atoms with Crippen LogP contribution >= 0.6 is 0 Å². The number of rotatable bonds is 5. The van der Waals surface area contributed by atoms with E-state index in [0.717, 1.165) is 19.3 Å². The first kappa shape index (κ1) is 14.0. The van der Waals surface area contributed by atoms with E-state index in [9.17, 15) is 9.59 Å². The van der Waals surface area contributed by atoms with Crippen molar-refractivity contribution in [3.8, 4) is 0 Å². The Bertz CT molecular complexity index is 534. The van der Waals surface area contributed by atoms with E-state index in [0.29, 0.717) is 18.4 Å². The van der Waals surface area contributed by atoms with Gasteiger partial charge in [-0.05, 0) is 39.0 Å². The molecule has 2 N–H and O–H groups in total. The fourth-order valence-electron chi connectivity index (χ4n) is 2.33. The smallest absolute Gasteiger partial charge is 0.330 e. The lowest BCUT2D eigenvalue weighted by Gasteiger charge is -2.15. The highest BCUT2D eigenvalue weighted by molar-refractivity contribution is 5.05. The SMILES string of the molecule is C[C@@H]1CC[C@H](n2cc(CCCCO)c(=O)[nH]c2=O)O1. The van der Waals surface area contributed by atoms with Crippen LogP contribution in [0.2, 0.25) is 0 Å². The molecule has 2 rings (SSSR count). The van der Waals surface area contributed by atoms with Crippen molar-refractivity contribution in [1.82, 2.24) is 9.55 Å². The van der Waals surface area contributed by atoms with Gasteiger partial charge in [-0.25, -0.2) is 4.79 Å². The maximum absolute atomic E-state index is 11.8. The van der Waals surface area contributed by atoms with Gasteiger partial charge < -0.3 is 9.84 Å². The van der Waals surface area contributed by atoms with E-state index >= 15 is 0 Å². The number of ether oxygens (including phenoxy) is 1. The van der Waals surface area contributed by atoms with Crippen LogP contribution in [0.15, 0.2) is 15.8 Å². The van der Waals surface area contributed by atoms with E-state index in [1.165, 1.54) is 4.57 Å². The number of unbranched alkanes of at least 4 members (excludes halogenated alkanes) is 1. The van der Waals surface area contributed by atoms with E-state index < -0.39 is 5.69 Å². The number of nitrogens with zero attached hydrogens (tertiary/aromatic N) is 1. The zero-order valence-electron chi connectivity index (χ0n) is 11.1. The van der Waals surface area contributed by atoms with Crippen LogP contribution in [0.25, 0.3) is 0 Å². The van der Waals surface area contributed by atoms with Gasteiger partial charge in [-0.15, -0.1) is 0 Å². The minimum atomic E-state index is -0.421. The summed E-state index contributed by atoms with van der Waals surface area (Å²) < 4.78 is 7.12. The Kier molecular flexibility index (Phi) is 4.55. The summed E-state index contributed by atoms with van der Waals surface area (Å²) >= 11 is 0. The van der Waals surface area contributed by atoms with Gasteiger partial charge in [0.1, 0.15) is 6.23 Å². The summed E-state index contributed by atoms with van der Waals surface area (Å²) in [6.45, 7) is 2.08. The Morgan fingerprint density at radius 3 is 2.84 bits per heavy atom. The van der Waals surface area contributed by atoms with E-state index in [2.05, 4.69) is 4.98 Å². The molecule has 0 bridgehead atoms. The van der Waals surface area contributed by atoms with Gasteiger partial charge in [0.2, 0.25) is 0 Å². The fourth-order valence-corrected chi connectivity index (χ4v) is 2.33. The van der Waals surface area contributed by atoms with Crippen LogP contribution in [-0.4, -0.2) is 27.4 Å². The Labute approximate surface area is 111 Å². The third-order valence-corrected chi connectivity index (χ3v) is 3.42. The molecule has 6 heteroatoms. The molecule has 0 aliphatic carbocycles. The number of aryl methyl sites for hydroxylation is 1.